The molecule has 16 heavy (non-hydrogen) atoms. The molecule has 0 aliphatic carbocycles. The van der Waals surface area contributed by atoms with E-state index in [0.29, 0.717) is 0 Å². The molecule has 0 radical (unpaired) electrons. The summed E-state index contributed by atoms with van der Waals surface area (Å²) in [6, 6.07) is 1.20. The van der Waals surface area contributed by atoms with Gasteiger partial charge in [-0.1, -0.05) is 0 Å². The summed E-state index contributed by atoms with van der Waals surface area (Å²) in [5.41, 5.74) is -1.08. The van der Waals surface area contributed by atoms with Crippen LogP contribution in [0, 0.1) is 0 Å². The van der Waals surface area contributed by atoms with Gasteiger partial charge in [-0.3, -0.25) is 14.3 Å². The second kappa shape index (κ2) is 4.20. The smallest absolute Gasteiger partial charge is 0.330 e. The van der Waals surface area contributed by atoms with E-state index in [9.17, 15) is 14.7 Å². The minimum atomic E-state index is -0.811. The van der Waals surface area contributed by atoms with E-state index in [0.717, 1.165) is 0 Å². The van der Waals surface area contributed by atoms with Crippen LogP contribution in [0.2, 0.25) is 0 Å². The Morgan fingerprint density at radius 3 is 2.88 bits per heavy atom. The monoisotopic (exact) mass is 231 g/mol. The minimum Gasteiger partial charge on any atom is -0.394 e. The van der Waals surface area contributed by atoms with Crippen molar-refractivity contribution in [3.63, 3.8) is 0 Å². The Hall–Kier alpha value is -1.44. The van der Waals surface area contributed by atoms with Crippen LogP contribution in [0.25, 0.3) is 0 Å². The Labute approximate surface area is 89.9 Å². The van der Waals surface area contributed by atoms with Crippen molar-refractivity contribution in [1.82, 2.24) is 9.55 Å². The van der Waals surface area contributed by atoms with E-state index in [2.05, 4.69) is 4.98 Å². The molecular weight excluding hydrogens is 219 g/mol. The number of ether oxygens (including phenoxy) is 1. The summed E-state index contributed by atoms with van der Waals surface area (Å²) < 4.78 is 6.45. The van der Waals surface area contributed by atoms with Crippen LogP contribution in [-0.2, 0) is 4.74 Å². The second-order valence-electron chi connectivity index (χ2n) is 3.63. The summed E-state index contributed by atoms with van der Waals surface area (Å²) >= 11 is 0. The molecule has 1 aliphatic heterocycles. The highest BCUT2D eigenvalue weighted by atomic mass is 16.6. The van der Waals surface area contributed by atoms with E-state index in [4.69, 9.17) is 9.84 Å². The number of aromatic nitrogens is 2. The Kier molecular flexibility index (Phi) is 2.90. The average molecular weight is 231 g/mol. The number of nitrogens with one attached hydrogen (secondary N) is 1. The maximum atomic E-state index is 11.4. The molecule has 1 fully saturated rings. The van der Waals surface area contributed by atoms with Crippen LogP contribution in [0.1, 0.15) is 12.6 Å². The SMILES string of the molecule is O=c1cc[15n]([C@H]2C[C@H](O)[C@@H](CO)O2)[13c](=O)[15nH]1. The zero-order chi connectivity index (χ0) is 11.7. The number of aromatic amines is 1. The lowest BCUT2D eigenvalue weighted by Crippen LogP contribution is -2.31. The topological polar surface area (TPSA) is 105 Å². The van der Waals surface area contributed by atoms with Gasteiger partial charge in [-0.05, 0) is 0 Å². The Morgan fingerprint density at radius 2 is 2.31 bits per heavy atom. The van der Waals surface area contributed by atoms with Gasteiger partial charge in [-0.25, -0.2) is 4.79 Å². The Morgan fingerprint density at radius 1 is 1.56 bits per heavy atom. The van der Waals surface area contributed by atoms with E-state index in [1.54, 1.807) is 0 Å². The zero-order valence-electron chi connectivity index (χ0n) is 8.37. The van der Waals surface area contributed by atoms with Crippen LogP contribution >= 0.6 is 0 Å². The van der Waals surface area contributed by atoms with E-state index in [1.807, 2.05) is 0 Å². The molecule has 3 N–H and O–H groups in total. The van der Waals surface area contributed by atoms with Crippen molar-refractivity contribution < 1.29 is 14.9 Å². The van der Waals surface area contributed by atoms with Gasteiger partial charge in [0.05, 0.1) is 12.7 Å². The summed E-state index contributed by atoms with van der Waals surface area (Å²) in [5.74, 6) is 0. The summed E-state index contributed by atoms with van der Waals surface area (Å²) in [7, 11) is 0. The quantitative estimate of drug-likeness (QED) is 0.555. The molecule has 88 valence electrons. The first kappa shape index (κ1) is 11.1. The number of aliphatic hydroxyl groups is 2. The maximum Gasteiger partial charge on any atom is 0.330 e. The van der Waals surface area contributed by atoms with Crippen molar-refractivity contribution in [2.75, 3.05) is 6.61 Å². The van der Waals surface area contributed by atoms with E-state index >= 15 is 0 Å². The van der Waals surface area contributed by atoms with Crippen molar-refractivity contribution in [3.05, 3.63) is 33.1 Å². The molecular formula is C9H12N2O5. The van der Waals surface area contributed by atoms with Gasteiger partial charge in [0, 0.05) is 18.7 Å². The highest BCUT2D eigenvalue weighted by molar-refractivity contribution is 4.88. The molecule has 2 rings (SSSR count). The van der Waals surface area contributed by atoms with Gasteiger partial charge in [0.1, 0.15) is 12.3 Å². The number of hydrogen-bond acceptors (Lipinski definition) is 5. The van der Waals surface area contributed by atoms with Crippen molar-refractivity contribution in [2.45, 2.75) is 24.9 Å². The van der Waals surface area contributed by atoms with Gasteiger partial charge < -0.3 is 14.9 Å². The molecule has 1 saturated heterocycles. The fourth-order valence-corrected chi connectivity index (χ4v) is 1.70. The van der Waals surface area contributed by atoms with Crippen molar-refractivity contribution >= 4 is 0 Å². The molecule has 0 saturated carbocycles. The number of nitrogens with zero attached hydrogens (tertiary/aromatic N) is 1. The molecule has 0 unspecified atom stereocenters. The van der Waals surface area contributed by atoms with Crippen molar-refractivity contribution in [1.29, 1.82) is 0 Å². The van der Waals surface area contributed by atoms with Crippen LogP contribution in [0.4, 0.5) is 0 Å². The van der Waals surface area contributed by atoms with Gasteiger partial charge in [-0.15, -0.1) is 0 Å². The number of rotatable bonds is 2. The molecule has 1 aliphatic rings. The van der Waals surface area contributed by atoms with Gasteiger partial charge in [0.25, 0.3) is 5.56 Å². The Balaban J connectivity index is 2.27. The van der Waals surface area contributed by atoms with Crippen LogP contribution in [0.3, 0.4) is 0 Å². The van der Waals surface area contributed by atoms with Gasteiger partial charge in [0.2, 0.25) is 0 Å². The van der Waals surface area contributed by atoms with E-state index in [-0.39, 0.29) is 13.0 Å². The summed E-state index contributed by atoms with van der Waals surface area (Å²) in [4.78, 5) is 24.3. The third-order valence-corrected chi connectivity index (χ3v) is 2.55. The molecule has 1 aromatic heterocycles. The number of aliphatic hydroxyl groups excluding tert-OH is 2. The molecule has 0 aromatic carbocycles. The van der Waals surface area contributed by atoms with Gasteiger partial charge in [0.15, 0.2) is 0 Å². The largest absolute Gasteiger partial charge is 0.394 e. The third-order valence-electron chi connectivity index (χ3n) is 2.55. The Bertz CT molecular complexity index is 479. The molecule has 0 bridgehead atoms. The number of H-pyrrole nitrogens is 1. The first-order valence-electron chi connectivity index (χ1n) is 4.87. The lowest BCUT2D eigenvalue weighted by atomic mass is 10.2. The number of hydrogen-bond donors (Lipinski definition) is 3. The molecule has 0 spiro atoms. The normalized spacial score (nSPS) is 29.5. The molecule has 0 amide bonds. The lowest BCUT2D eigenvalue weighted by molar-refractivity contribution is -0.0459. The molecule has 7 heteroatoms. The van der Waals surface area contributed by atoms with Gasteiger partial charge >= 0.3 is 5.69 Å². The average Bonchev–Trinajstić information content (AvgIpc) is 2.59. The van der Waals surface area contributed by atoms with Crippen molar-refractivity contribution in [2.24, 2.45) is 0 Å². The van der Waals surface area contributed by atoms with Crippen molar-refractivity contribution in [3.8, 4) is 0 Å². The summed E-state index contributed by atoms with van der Waals surface area (Å²) in [5, 5.41) is 18.4. The minimum absolute atomic E-state index is 0.206. The first-order valence-corrected chi connectivity index (χ1v) is 4.87. The predicted molar refractivity (Wildman–Crippen MR) is 52.9 cm³/mol. The fourth-order valence-electron chi connectivity index (χ4n) is 1.70. The summed E-state index contributed by atoms with van der Waals surface area (Å²) in [6.07, 6.45) is -0.649. The standard InChI is InChI=1S/C9H12N2O5/c12-4-6-5(13)3-8(16-6)11-2-1-7(14)10-9(11)15/h1-2,5-6,8,12-13H,3-4H2,(H,10,14,15)/t5-,6+,8+/m0/s1/i9+1,10+1,11+1. The summed E-state index contributed by atoms with van der Waals surface area (Å²) in [6.45, 7) is -0.310. The lowest BCUT2D eigenvalue weighted by Gasteiger charge is -2.13. The third kappa shape index (κ3) is 1.92. The second-order valence-corrected chi connectivity index (χ2v) is 3.63. The van der Waals surface area contributed by atoms with Crippen LogP contribution in [0.5, 0.6) is 0 Å². The fraction of sp³-hybridized carbons (Fsp3) is 0.556. The molecule has 7 nitrogen and oxygen atoms in total. The highest BCUT2D eigenvalue weighted by Gasteiger charge is 2.34. The molecule has 1 aromatic rings. The maximum absolute atomic E-state index is 11.4. The predicted octanol–water partition coefficient (Wildman–Crippen LogP) is -1.82. The molecule has 3 atom stereocenters. The van der Waals surface area contributed by atoms with Crippen LogP contribution in [-0.4, -0.2) is 38.6 Å². The first-order chi connectivity index (χ1) is 7.61. The highest BCUT2D eigenvalue weighted by Crippen LogP contribution is 2.26. The van der Waals surface area contributed by atoms with E-state index < -0.39 is 29.7 Å². The van der Waals surface area contributed by atoms with E-state index in [1.165, 1.54) is 16.8 Å². The van der Waals surface area contributed by atoms with Crippen LogP contribution < -0.4 is 11.2 Å². The molecule has 2 heterocycles. The van der Waals surface area contributed by atoms with Crippen LogP contribution in [0.15, 0.2) is 21.9 Å². The van der Waals surface area contributed by atoms with Gasteiger partial charge in [-0.2, -0.15) is 0 Å². The zero-order valence-corrected chi connectivity index (χ0v) is 8.37.